The average Bonchev–Trinajstić information content (AvgIpc) is 2.33. The molecular weight excluding hydrogens is 168 g/mol. The Balaban J connectivity index is 2.86. The first-order chi connectivity index (χ1) is 4.86. The lowest BCUT2D eigenvalue weighted by Crippen LogP contribution is -1.72. The van der Waals surface area contributed by atoms with Gasteiger partial charge in [0.05, 0.1) is 0 Å². The average molecular weight is 170 g/mol. The van der Waals surface area contributed by atoms with Gasteiger partial charge in [-0.1, -0.05) is 22.9 Å². The number of aromatic nitrogens is 2. The molecule has 0 fully saturated rings. The fourth-order valence-electron chi connectivity index (χ4n) is 0.686. The number of hydrogen-bond acceptors (Lipinski definition) is 3. The van der Waals surface area contributed by atoms with E-state index in [1.807, 2.05) is 6.07 Å². The molecule has 0 unspecified atom stereocenters. The van der Waals surface area contributed by atoms with Crippen LogP contribution in [0.5, 0.6) is 0 Å². The van der Waals surface area contributed by atoms with Crippen molar-refractivity contribution in [3.63, 3.8) is 0 Å². The molecule has 2 heterocycles. The maximum atomic E-state index is 5.63. The molecule has 0 bridgehead atoms. The first kappa shape index (κ1) is 6.07. The van der Waals surface area contributed by atoms with Gasteiger partial charge in [-0.15, -0.1) is 0 Å². The Hall–Kier alpha value is -0.670. The van der Waals surface area contributed by atoms with Crippen LogP contribution < -0.4 is 0 Å². The van der Waals surface area contributed by atoms with Crippen molar-refractivity contribution >= 4 is 33.3 Å². The van der Waals surface area contributed by atoms with Crippen LogP contribution >= 0.6 is 22.9 Å². The third-order valence-electron chi connectivity index (χ3n) is 1.11. The van der Waals surface area contributed by atoms with Crippen molar-refractivity contribution in [1.29, 1.82) is 0 Å². The van der Waals surface area contributed by atoms with Crippen LogP contribution in [0.1, 0.15) is 0 Å². The number of hydrogen-bond donors (Lipinski definition) is 0. The molecule has 2 aromatic rings. The Labute approximate surface area is 66.5 Å². The predicted octanol–water partition coefficient (Wildman–Crippen LogP) is 2.14. The smallest absolute Gasteiger partial charge is 0.155 e. The van der Waals surface area contributed by atoms with Gasteiger partial charge >= 0.3 is 0 Å². The molecule has 0 aromatic carbocycles. The third-order valence-corrected chi connectivity index (χ3v) is 2.00. The highest BCUT2D eigenvalue weighted by atomic mass is 35.5. The van der Waals surface area contributed by atoms with E-state index in [4.69, 9.17) is 11.6 Å². The Morgan fingerprint density at radius 3 is 3.30 bits per heavy atom. The number of rotatable bonds is 0. The molecule has 1 radical (unpaired) electrons. The molecule has 0 aliphatic rings. The van der Waals surface area contributed by atoms with E-state index in [1.54, 1.807) is 6.07 Å². The van der Waals surface area contributed by atoms with Crippen LogP contribution in [0.3, 0.4) is 0 Å². The molecule has 0 saturated heterocycles. The van der Waals surface area contributed by atoms with E-state index in [0.717, 1.165) is 10.3 Å². The van der Waals surface area contributed by atoms with E-state index in [0.29, 0.717) is 5.15 Å². The summed E-state index contributed by atoms with van der Waals surface area (Å²) in [6.07, 6.45) is 0. The fourth-order valence-corrected chi connectivity index (χ4v) is 1.48. The Morgan fingerprint density at radius 1 is 1.50 bits per heavy atom. The molecule has 49 valence electrons. The second-order valence-electron chi connectivity index (χ2n) is 1.76. The Bertz CT molecular complexity index is 357. The van der Waals surface area contributed by atoms with Gasteiger partial charge in [-0.2, -0.15) is 0 Å². The fraction of sp³-hybridized carbons (Fsp3) is 0. The van der Waals surface area contributed by atoms with E-state index in [1.165, 1.54) is 11.3 Å². The maximum absolute atomic E-state index is 5.63. The van der Waals surface area contributed by atoms with Gasteiger partial charge in [-0.3, -0.25) is 0 Å². The van der Waals surface area contributed by atoms with E-state index < -0.39 is 0 Å². The van der Waals surface area contributed by atoms with Gasteiger partial charge in [-0.25, -0.2) is 9.97 Å². The summed E-state index contributed by atoms with van der Waals surface area (Å²) in [4.78, 5) is 8.80. The highest BCUT2D eigenvalue weighted by molar-refractivity contribution is 7.15. The quantitative estimate of drug-likeness (QED) is 0.565. The van der Waals surface area contributed by atoms with Crippen molar-refractivity contribution in [2.45, 2.75) is 0 Å². The summed E-state index contributed by atoms with van der Waals surface area (Å²) in [6, 6.07) is 3.55. The van der Waals surface area contributed by atoms with Crippen molar-refractivity contribution in [2.24, 2.45) is 0 Å². The molecule has 0 N–H and O–H groups in total. The lowest BCUT2D eigenvalue weighted by molar-refractivity contribution is 1.40. The van der Waals surface area contributed by atoms with E-state index in [9.17, 15) is 0 Å². The molecule has 0 spiro atoms. The largest absolute Gasteiger partial charge is 0.232 e. The molecule has 10 heavy (non-hydrogen) atoms. The summed E-state index contributed by atoms with van der Waals surface area (Å²) in [7, 11) is 0. The van der Waals surface area contributed by atoms with E-state index >= 15 is 0 Å². The molecule has 0 aliphatic heterocycles. The van der Waals surface area contributed by atoms with E-state index in [-0.39, 0.29) is 0 Å². The van der Waals surface area contributed by atoms with Gasteiger partial charge in [0.2, 0.25) is 0 Å². The zero-order valence-corrected chi connectivity index (χ0v) is 6.41. The molecule has 0 saturated carbocycles. The molecule has 4 heteroatoms. The van der Waals surface area contributed by atoms with Gasteiger partial charge < -0.3 is 0 Å². The molecular formula is C6H2ClN2S. The third kappa shape index (κ3) is 0.874. The Kier molecular flexibility index (Phi) is 1.32. The normalized spacial score (nSPS) is 10.5. The predicted molar refractivity (Wildman–Crippen MR) is 41.3 cm³/mol. The van der Waals surface area contributed by atoms with Crippen LogP contribution in [0.2, 0.25) is 5.15 Å². The summed E-state index contributed by atoms with van der Waals surface area (Å²) < 4.78 is 0. The van der Waals surface area contributed by atoms with Gasteiger partial charge in [0.15, 0.2) is 5.51 Å². The van der Waals surface area contributed by atoms with Crippen LogP contribution in [0.4, 0.5) is 0 Å². The van der Waals surface area contributed by atoms with Gasteiger partial charge in [-0.05, 0) is 12.1 Å². The van der Waals surface area contributed by atoms with Crippen molar-refractivity contribution in [3.05, 3.63) is 22.8 Å². The van der Waals surface area contributed by atoms with Crippen LogP contribution in [-0.2, 0) is 0 Å². The number of fused-ring (bicyclic) bond motifs is 1. The van der Waals surface area contributed by atoms with Crippen LogP contribution in [-0.4, -0.2) is 9.97 Å². The second-order valence-corrected chi connectivity index (χ2v) is 2.92. The summed E-state index contributed by atoms with van der Waals surface area (Å²) in [5, 5.41) is 0.505. The minimum absolute atomic E-state index is 0.505. The van der Waals surface area contributed by atoms with Gasteiger partial charge in [0.25, 0.3) is 0 Å². The van der Waals surface area contributed by atoms with Crippen LogP contribution in [0, 0.1) is 5.51 Å². The van der Waals surface area contributed by atoms with Crippen molar-refractivity contribution in [3.8, 4) is 0 Å². The molecule has 0 aliphatic carbocycles. The first-order valence-corrected chi connectivity index (χ1v) is 3.85. The number of halogens is 1. The van der Waals surface area contributed by atoms with Crippen molar-refractivity contribution in [1.82, 2.24) is 9.97 Å². The molecule has 2 aromatic heterocycles. The zero-order chi connectivity index (χ0) is 6.97. The number of thiazole rings is 1. The molecule has 0 amide bonds. The van der Waals surface area contributed by atoms with Gasteiger partial charge in [0, 0.05) is 0 Å². The Morgan fingerprint density at radius 2 is 2.40 bits per heavy atom. The highest BCUT2D eigenvalue weighted by Crippen LogP contribution is 2.16. The lowest BCUT2D eigenvalue weighted by Gasteiger charge is -1.85. The topological polar surface area (TPSA) is 25.8 Å². The highest BCUT2D eigenvalue weighted by Gasteiger charge is 1.96. The summed E-state index contributed by atoms with van der Waals surface area (Å²) in [5.41, 5.74) is 3.59. The van der Waals surface area contributed by atoms with Crippen LogP contribution in [0.25, 0.3) is 10.3 Å². The second kappa shape index (κ2) is 2.18. The number of nitrogens with zero attached hydrogens (tertiary/aromatic N) is 2. The van der Waals surface area contributed by atoms with Crippen LogP contribution in [0.15, 0.2) is 12.1 Å². The number of pyridine rings is 1. The SMILES string of the molecule is Clc1ccc2n[c]sc2n1. The van der Waals surface area contributed by atoms with Crippen molar-refractivity contribution < 1.29 is 0 Å². The summed E-state index contributed by atoms with van der Waals surface area (Å²) in [5.74, 6) is 0. The van der Waals surface area contributed by atoms with Crippen molar-refractivity contribution in [2.75, 3.05) is 0 Å². The maximum Gasteiger partial charge on any atom is 0.155 e. The molecule has 2 nitrogen and oxygen atoms in total. The molecule has 2 rings (SSSR count). The van der Waals surface area contributed by atoms with E-state index in [2.05, 4.69) is 15.5 Å². The monoisotopic (exact) mass is 169 g/mol. The zero-order valence-electron chi connectivity index (χ0n) is 4.84. The summed E-state index contributed by atoms with van der Waals surface area (Å²) >= 11 is 7.00. The minimum atomic E-state index is 0.505. The lowest BCUT2D eigenvalue weighted by atomic mass is 10.5. The summed E-state index contributed by atoms with van der Waals surface area (Å²) in [6.45, 7) is 0. The minimum Gasteiger partial charge on any atom is -0.232 e. The molecule has 0 atom stereocenters. The standard InChI is InChI=1S/C6H2ClN2S/c7-5-2-1-4-6(9-5)10-3-8-4/h1-2H. The first-order valence-electron chi connectivity index (χ1n) is 2.65. The van der Waals surface area contributed by atoms with Gasteiger partial charge in [0.1, 0.15) is 15.5 Å².